The molecule has 1 aromatic carbocycles. The molecule has 0 aliphatic carbocycles. The number of hydrogen-bond donors (Lipinski definition) is 3. The number of nitrogens with one attached hydrogen (secondary N) is 2. The Bertz CT molecular complexity index is 419. The van der Waals surface area contributed by atoms with Gasteiger partial charge in [-0.3, -0.25) is 5.43 Å². The topological polar surface area (TPSA) is 62.4 Å². The average molecular weight is 256 g/mol. The number of hydrogen-bond acceptors (Lipinski definition) is 2. The molecular weight excluding hydrogens is 238 g/mol. The number of guanidine groups is 1. The van der Waals surface area contributed by atoms with Crippen molar-refractivity contribution in [3.8, 4) is 0 Å². The molecule has 1 rings (SSSR count). The van der Waals surface area contributed by atoms with E-state index in [0.717, 1.165) is 18.7 Å². The molecule has 0 bridgehead atoms. The van der Waals surface area contributed by atoms with Gasteiger partial charge in [0.25, 0.3) is 0 Å². The SMILES string of the molecule is CC(C)CNC(=NCc1ccc(F)c(F)c1)NN. The highest BCUT2D eigenvalue weighted by Gasteiger charge is 2.03. The highest BCUT2D eigenvalue weighted by molar-refractivity contribution is 5.79. The van der Waals surface area contributed by atoms with Crippen LogP contribution >= 0.6 is 0 Å². The fraction of sp³-hybridized carbons (Fsp3) is 0.417. The molecular formula is C12H18F2N4. The lowest BCUT2D eigenvalue weighted by molar-refractivity contribution is 0.507. The van der Waals surface area contributed by atoms with Crippen molar-refractivity contribution >= 4 is 5.96 Å². The highest BCUT2D eigenvalue weighted by atomic mass is 19.2. The Morgan fingerprint density at radius 3 is 2.61 bits per heavy atom. The maximum Gasteiger partial charge on any atom is 0.206 e. The van der Waals surface area contributed by atoms with Crippen LogP contribution in [0.25, 0.3) is 0 Å². The summed E-state index contributed by atoms with van der Waals surface area (Å²) < 4.78 is 25.7. The molecule has 4 nitrogen and oxygen atoms in total. The van der Waals surface area contributed by atoms with E-state index >= 15 is 0 Å². The third kappa shape index (κ3) is 4.67. The van der Waals surface area contributed by atoms with Crippen LogP contribution in [0, 0.1) is 17.6 Å². The molecule has 0 unspecified atom stereocenters. The zero-order valence-corrected chi connectivity index (χ0v) is 10.5. The monoisotopic (exact) mass is 256 g/mol. The second kappa shape index (κ2) is 6.90. The molecule has 0 amide bonds. The third-order valence-corrected chi connectivity index (χ3v) is 2.22. The first-order valence-corrected chi connectivity index (χ1v) is 5.71. The molecule has 0 spiro atoms. The number of nitrogens with zero attached hydrogens (tertiary/aromatic N) is 1. The molecule has 0 heterocycles. The van der Waals surface area contributed by atoms with E-state index in [1.165, 1.54) is 6.07 Å². The van der Waals surface area contributed by atoms with Crippen molar-refractivity contribution in [2.24, 2.45) is 16.8 Å². The number of nitrogens with two attached hydrogens (primary N) is 1. The normalized spacial score (nSPS) is 11.8. The molecule has 0 aliphatic heterocycles. The summed E-state index contributed by atoms with van der Waals surface area (Å²) in [5.41, 5.74) is 3.00. The van der Waals surface area contributed by atoms with Crippen LogP contribution in [0.4, 0.5) is 8.78 Å². The molecule has 0 saturated heterocycles. The van der Waals surface area contributed by atoms with Crippen LogP contribution in [0.1, 0.15) is 19.4 Å². The Balaban J connectivity index is 2.61. The Kier molecular flexibility index (Phi) is 5.51. The smallest absolute Gasteiger partial charge is 0.206 e. The van der Waals surface area contributed by atoms with Gasteiger partial charge >= 0.3 is 0 Å². The fourth-order valence-electron chi connectivity index (χ4n) is 1.26. The molecule has 18 heavy (non-hydrogen) atoms. The third-order valence-electron chi connectivity index (χ3n) is 2.22. The number of benzene rings is 1. The Labute approximate surface area is 105 Å². The Hall–Kier alpha value is -1.69. The number of hydrazine groups is 1. The van der Waals surface area contributed by atoms with Crippen molar-refractivity contribution in [3.05, 3.63) is 35.4 Å². The molecule has 100 valence electrons. The van der Waals surface area contributed by atoms with Crippen LogP contribution < -0.4 is 16.6 Å². The van der Waals surface area contributed by atoms with Gasteiger partial charge in [0.05, 0.1) is 6.54 Å². The minimum atomic E-state index is -0.875. The van der Waals surface area contributed by atoms with Crippen LogP contribution in [0.5, 0.6) is 0 Å². The molecule has 4 N–H and O–H groups in total. The van der Waals surface area contributed by atoms with E-state index in [-0.39, 0.29) is 6.54 Å². The van der Waals surface area contributed by atoms with Gasteiger partial charge in [0, 0.05) is 6.54 Å². The summed E-state index contributed by atoms with van der Waals surface area (Å²) in [6.45, 7) is 5.05. The molecule has 1 aromatic rings. The average Bonchev–Trinajstić information content (AvgIpc) is 2.33. The minimum Gasteiger partial charge on any atom is -0.355 e. The van der Waals surface area contributed by atoms with Crippen LogP contribution in [0.3, 0.4) is 0 Å². The predicted molar refractivity (Wildman–Crippen MR) is 67.7 cm³/mol. The van der Waals surface area contributed by atoms with Crippen molar-refractivity contribution in [1.82, 2.24) is 10.7 Å². The first-order chi connectivity index (χ1) is 8.52. The van der Waals surface area contributed by atoms with Crippen molar-refractivity contribution in [1.29, 1.82) is 0 Å². The van der Waals surface area contributed by atoms with E-state index in [0.29, 0.717) is 17.4 Å². The van der Waals surface area contributed by atoms with E-state index < -0.39 is 11.6 Å². The molecule has 0 saturated carbocycles. The minimum absolute atomic E-state index is 0.224. The van der Waals surface area contributed by atoms with Gasteiger partial charge < -0.3 is 5.32 Å². The van der Waals surface area contributed by atoms with E-state index in [9.17, 15) is 8.78 Å². The second-order valence-electron chi connectivity index (χ2n) is 4.33. The lowest BCUT2D eigenvalue weighted by Gasteiger charge is -2.11. The standard InChI is InChI=1S/C12H18F2N4/c1-8(2)6-16-12(18-15)17-7-9-3-4-10(13)11(14)5-9/h3-5,8H,6-7,15H2,1-2H3,(H2,16,17,18). The number of rotatable bonds is 4. The van der Waals surface area contributed by atoms with E-state index in [1.807, 2.05) is 0 Å². The van der Waals surface area contributed by atoms with Crippen LogP contribution in [-0.2, 0) is 6.54 Å². The van der Waals surface area contributed by atoms with E-state index in [4.69, 9.17) is 5.84 Å². The van der Waals surface area contributed by atoms with Crippen molar-refractivity contribution in [2.45, 2.75) is 20.4 Å². The number of halogens is 2. The summed E-state index contributed by atoms with van der Waals surface area (Å²) >= 11 is 0. The summed E-state index contributed by atoms with van der Waals surface area (Å²) in [5, 5.41) is 3.01. The van der Waals surface area contributed by atoms with Gasteiger partial charge in [-0.05, 0) is 23.6 Å². The van der Waals surface area contributed by atoms with Crippen molar-refractivity contribution < 1.29 is 8.78 Å². The summed E-state index contributed by atoms with van der Waals surface area (Å²) in [7, 11) is 0. The van der Waals surface area contributed by atoms with Gasteiger partial charge in [0.2, 0.25) is 5.96 Å². The first kappa shape index (κ1) is 14.4. The second-order valence-corrected chi connectivity index (χ2v) is 4.33. The van der Waals surface area contributed by atoms with Crippen LogP contribution in [0.15, 0.2) is 23.2 Å². The van der Waals surface area contributed by atoms with E-state index in [1.54, 1.807) is 0 Å². The molecule has 0 aromatic heterocycles. The van der Waals surface area contributed by atoms with Crippen molar-refractivity contribution in [2.75, 3.05) is 6.54 Å². The molecule has 0 atom stereocenters. The maximum atomic E-state index is 13.0. The molecule has 0 fully saturated rings. The summed E-state index contributed by atoms with van der Waals surface area (Å²) in [4.78, 5) is 4.14. The lowest BCUT2D eigenvalue weighted by Crippen LogP contribution is -2.42. The lowest BCUT2D eigenvalue weighted by atomic mass is 10.2. The van der Waals surface area contributed by atoms with Gasteiger partial charge in [-0.25, -0.2) is 19.6 Å². The Morgan fingerprint density at radius 2 is 2.06 bits per heavy atom. The Morgan fingerprint density at radius 1 is 1.33 bits per heavy atom. The first-order valence-electron chi connectivity index (χ1n) is 5.71. The van der Waals surface area contributed by atoms with Crippen LogP contribution in [-0.4, -0.2) is 12.5 Å². The molecule has 6 heteroatoms. The zero-order chi connectivity index (χ0) is 13.5. The maximum absolute atomic E-state index is 13.0. The fourth-order valence-corrected chi connectivity index (χ4v) is 1.26. The summed E-state index contributed by atoms with van der Waals surface area (Å²) in [5.74, 6) is 4.44. The highest BCUT2D eigenvalue weighted by Crippen LogP contribution is 2.09. The van der Waals surface area contributed by atoms with Gasteiger partial charge in [-0.15, -0.1) is 0 Å². The molecule has 0 radical (unpaired) electrons. The molecule has 0 aliphatic rings. The predicted octanol–water partition coefficient (Wildman–Crippen LogP) is 1.53. The zero-order valence-electron chi connectivity index (χ0n) is 10.5. The van der Waals surface area contributed by atoms with Crippen LogP contribution in [0.2, 0.25) is 0 Å². The quantitative estimate of drug-likeness (QED) is 0.331. The summed E-state index contributed by atoms with van der Waals surface area (Å²) in [6, 6.07) is 3.69. The van der Waals surface area contributed by atoms with Gasteiger partial charge in [0.1, 0.15) is 0 Å². The van der Waals surface area contributed by atoms with E-state index in [2.05, 4.69) is 29.6 Å². The number of aliphatic imine (C=N–C) groups is 1. The van der Waals surface area contributed by atoms with Gasteiger partial charge in [0.15, 0.2) is 11.6 Å². The van der Waals surface area contributed by atoms with Crippen molar-refractivity contribution in [3.63, 3.8) is 0 Å². The van der Waals surface area contributed by atoms with Gasteiger partial charge in [-0.2, -0.15) is 0 Å². The summed E-state index contributed by atoms with van der Waals surface area (Å²) in [6.07, 6.45) is 0. The largest absolute Gasteiger partial charge is 0.355 e. The van der Waals surface area contributed by atoms with Gasteiger partial charge in [-0.1, -0.05) is 19.9 Å².